The second-order valence-corrected chi connectivity index (χ2v) is 6.60. The van der Waals surface area contributed by atoms with Crippen molar-refractivity contribution in [3.05, 3.63) is 76.2 Å². The molecule has 1 N–H and O–H groups in total. The Balaban J connectivity index is 1.70. The summed E-state index contributed by atoms with van der Waals surface area (Å²) in [5.41, 5.74) is 1.48. The van der Waals surface area contributed by atoms with E-state index in [1.807, 2.05) is 24.3 Å². The van der Waals surface area contributed by atoms with Crippen LogP contribution >= 0.6 is 11.8 Å². The Labute approximate surface area is 151 Å². The predicted molar refractivity (Wildman–Crippen MR) is 98.0 cm³/mol. The molecule has 0 saturated heterocycles. The molecule has 26 heavy (non-hydrogen) atoms. The molecule has 128 valence electrons. The number of aromatic carboxylic acids is 1. The summed E-state index contributed by atoms with van der Waals surface area (Å²) in [6.45, 7) is 0. The van der Waals surface area contributed by atoms with Gasteiger partial charge in [0.15, 0.2) is 5.16 Å². The normalized spacial score (nSPS) is 11.1. The molecule has 2 aromatic carbocycles. The average Bonchev–Trinajstić information content (AvgIpc) is 2.65. The topological polar surface area (TPSA) is 98.8 Å². The van der Waals surface area contributed by atoms with E-state index in [1.54, 1.807) is 30.3 Å². The van der Waals surface area contributed by atoms with Crippen molar-refractivity contribution in [2.75, 3.05) is 0 Å². The fourth-order valence-corrected chi connectivity index (χ4v) is 3.53. The number of aromatic nitrogens is 3. The fourth-order valence-electron chi connectivity index (χ4n) is 2.71. The van der Waals surface area contributed by atoms with Crippen LogP contribution in [0.3, 0.4) is 0 Å². The molecular formula is C19H12N3O3S-. The summed E-state index contributed by atoms with van der Waals surface area (Å²) in [7, 11) is 0. The number of nitrogens with one attached hydrogen (secondary N) is 1. The van der Waals surface area contributed by atoms with E-state index in [-0.39, 0.29) is 16.9 Å². The minimum absolute atomic E-state index is 0.0411. The number of H-pyrrole nitrogens is 1. The van der Waals surface area contributed by atoms with Crippen molar-refractivity contribution >= 4 is 39.5 Å². The van der Waals surface area contributed by atoms with Crippen molar-refractivity contribution in [2.45, 2.75) is 10.9 Å². The van der Waals surface area contributed by atoms with Gasteiger partial charge in [-0.1, -0.05) is 42.1 Å². The number of aromatic amines is 1. The van der Waals surface area contributed by atoms with E-state index in [1.165, 1.54) is 11.8 Å². The van der Waals surface area contributed by atoms with E-state index in [0.29, 0.717) is 27.3 Å². The van der Waals surface area contributed by atoms with Gasteiger partial charge in [-0.3, -0.25) is 9.78 Å². The summed E-state index contributed by atoms with van der Waals surface area (Å²) in [5.74, 6) is -1.03. The molecule has 0 saturated carbocycles. The molecule has 0 aliphatic rings. The zero-order valence-corrected chi connectivity index (χ0v) is 14.2. The van der Waals surface area contributed by atoms with E-state index in [2.05, 4.69) is 15.0 Å². The molecule has 4 rings (SSSR count). The number of carboxylic acid groups (broad SMARTS) is 1. The number of nitrogens with zero attached hydrogens (tertiary/aromatic N) is 2. The summed E-state index contributed by atoms with van der Waals surface area (Å²) < 4.78 is 0. The van der Waals surface area contributed by atoms with Gasteiger partial charge in [-0.05, 0) is 24.3 Å². The van der Waals surface area contributed by atoms with Gasteiger partial charge in [-0.2, -0.15) is 0 Å². The second-order valence-electron chi connectivity index (χ2n) is 5.64. The molecule has 0 aliphatic heterocycles. The Morgan fingerprint density at radius 3 is 2.58 bits per heavy atom. The number of rotatable bonds is 4. The van der Waals surface area contributed by atoms with Crippen LogP contribution in [0.15, 0.2) is 64.5 Å². The average molecular weight is 362 g/mol. The summed E-state index contributed by atoms with van der Waals surface area (Å²) >= 11 is 1.22. The first kappa shape index (κ1) is 16.3. The monoisotopic (exact) mass is 362 g/mol. The van der Waals surface area contributed by atoms with Gasteiger partial charge in [0, 0.05) is 16.7 Å². The molecule has 4 aromatic rings. The maximum absolute atomic E-state index is 12.1. The molecule has 2 heterocycles. The van der Waals surface area contributed by atoms with Gasteiger partial charge in [-0.15, -0.1) is 0 Å². The number of para-hydroxylation sites is 2. The lowest BCUT2D eigenvalue weighted by Gasteiger charge is -2.11. The number of carbonyl (C=O) groups excluding carboxylic acids is 1. The maximum Gasteiger partial charge on any atom is 0.259 e. The van der Waals surface area contributed by atoms with Crippen molar-refractivity contribution in [2.24, 2.45) is 0 Å². The van der Waals surface area contributed by atoms with E-state index >= 15 is 0 Å². The van der Waals surface area contributed by atoms with Crippen LogP contribution in [0, 0.1) is 0 Å². The van der Waals surface area contributed by atoms with Crippen LogP contribution in [0.25, 0.3) is 21.8 Å². The lowest BCUT2D eigenvalue weighted by atomic mass is 10.1. The highest BCUT2D eigenvalue weighted by Gasteiger charge is 2.10. The number of benzene rings is 2. The highest BCUT2D eigenvalue weighted by atomic mass is 32.2. The Kier molecular flexibility index (Phi) is 4.14. The molecule has 0 aliphatic carbocycles. The molecule has 7 heteroatoms. The number of thioether (sulfide) groups is 1. The molecule has 0 amide bonds. The Morgan fingerprint density at radius 1 is 1.04 bits per heavy atom. The minimum atomic E-state index is -1.28. The third-order valence-electron chi connectivity index (χ3n) is 3.96. The van der Waals surface area contributed by atoms with Crippen LogP contribution in [0.1, 0.15) is 16.1 Å². The Morgan fingerprint density at radius 2 is 1.77 bits per heavy atom. The number of pyridine rings is 1. The van der Waals surface area contributed by atoms with Gasteiger partial charge in [-0.25, -0.2) is 4.98 Å². The van der Waals surface area contributed by atoms with Gasteiger partial charge >= 0.3 is 0 Å². The molecule has 0 spiro atoms. The van der Waals surface area contributed by atoms with E-state index in [4.69, 9.17) is 0 Å². The van der Waals surface area contributed by atoms with Crippen LogP contribution < -0.4 is 10.7 Å². The van der Waals surface area contributed by atoms with E-state index < -0.39 is 5.97 Å². The number of carboxylic acids is 1. The minimum Gasteiger partial charge on any atom is -0.545 e. The van der Waals surface area contributed by atoms with Crippen LogP contribution in [0.5, 0.6) is 0 Å². The fraction of sp³-hybridized carbons (Fsp3) is 0.0526. The predicted octanol–water partition coefficient (Wildman–Crippen LogP) is 2.13. The molecule has 0 unspecified atom stereocenters. The van der Waals surface area contributed by atoms with Crippen molar-refractivity contribution in [3.63, 3.8) is 0 Å². The number of fused-ring (bicyclic) bond motifs is 2. The maximum atomic E-state index is 12.1. The third kappa shape index (κ3) is 3.04. The second kappa shape index (κ2) is 6.61. The summed E-state index contributed by atoms with van der Waals surface area (Å²) in [5, 5.41) is 13.1. The molecule has 0 atom stereocenters. The first-order valence-corrected chi connectivity index (χ1v) is 8.82. The summed E-state index contributed by atoms with van der Waals surface area (Å²) in [6, 6.07) is 15.9. The standard InChI is InChI=1S/C19H13N3O3S/c23-17-12-6-2-4-8-15(12)21-19(22-17)26-10-16-13(18(24)25)9-11-5-1-3-7-14(11)20-16/h1-9H,10H2,(H,24,25)(H,21,22,23)/p-1. The first-order chi connectivity index (χ1) is 12.6. The zero-order chi connectivity index (χ0) is 18.1. The highest BCUT2D eigenvalue weighted by molar-refractivity contribution is 7.98. The van der Waals surface area contributed by atoms with Gasteiger partial charge in [0.05, 0.1) is 28.1 Å². The lowest BCUT2D eigenvalue weighted by molar-refractivity contribution is -0.255. The van der Waals surface area contributed by atoms with Crippen molar-refractivity contribution in [1.82, 2.24) is 15.0 Å². The first-order valence-electron chi connectivity index (χ1n) is 7.84. The smallest absolute Gasteiger partial charge is 0.259 e. The van der Waals surface area contributed by atoms with Crippen LogP contribution in [-0.4, -0.2) is 20.9 Å². The van der Waals surface area contributed by atoms with Gasteiger partial charge in [0.25, 0.3) is 5.56 Å². The summed E-state index contributed by atoms with van der Waals surface area (Å²) in [6.07, 6.45) is 0. The highest BCUT2D eigenvalue weighted by Crippen LogP contribution is 2.23. The molecule has 2 aromatic heterocycles. The summed E-state index contributed by atoms with van der Waals surface area (Å²) in [4.78, 5) is 35.2. The van der Waals surface area contributed by atoms with Crippen LogP contribution in [0.2, 0.25) is 0 Å². The molecule has 6 nitrogen and oxygen atoms in total. The quantitative estimate of drug-likeness (QED) is 0.441. The number of hydrogen-bond donors (Lipinski definition) is 1. The van der Waals surface area contributed by atoms with E-state index in [0.717, 1.165) is 5.39 Å². The van der Waals surface area contributed by atoms with Crippen LogP contribution in [-0.2, 0) is 5.75 Å². The zero-order valence-electron chi connectivity index (χ0n) is 13.4. The SMILES string of the molecule is O=C([O-])c1cc2ccccc2nc1CSc1nc2ccccc2c(=O)[nH]1. The molecule has 0 radical (unpaired) electrons. The third-order valence-corrected chi connectivity index (χ3v) is 4.84. The Hall–Kier alpha value is -3.19. The number of carbonyl (C=O) groups is 1. The van der Waals surface area contributed by atoms with E-state index in [9.17, 15) is 14.7 Å². The van der Waals surface area contributed by atoms with Crippen molar-refractivity contribution in [1.29, 1.82) is 0 Å². The lowest BCUT2D eigenvalue weighted by Crippen LogP contribution is -2.24. The Bertz CT molecular complexity index is 1200. The van der Waals surface area contributed by atoms with Gasteiger partial charge in [0.1, 0.15) is 0 Å². The van der Waals surface area contributed by atoms with Crippen molar-refractivity contribution < 1.29 is 9.90 Å². The van der Waals surface area contributed by atoms with Crippen LogP contribution in [0.4, 0.5) is 0 Å². The molecular weight excluding hydrogens is 350 g/mol. The number of hydrogen-bond acceptors (Lipinski definition) is 6. The molecule has 0 bridgehead atoms. The van der Waals surface area contributed by atoms with Gasteiger partial charge < -0.3 is 14.9 Å². The largest absolute Gasteiger partial charge is 0.545 e. The molecule has 0 fully saturated rings. The van der Waals surface area contributed by atoms with Gasteiger partial charge in [0.2, 0.25) is 0 Å². The van der Waals surface area contributed by atoms with Crippen molar-refractivity contribution in [3.8, 4) is 0 Å².